The van der Waals surface area contributed by atoms with Crippen LogP contribution < -0.4 is 5.32 Å². The molecule has 0 bridgehead atoms. The van der Waals surface area contributed by atoms with Crippen LogP contribution in [0.4, 0.5) is 14.9 Å². The molecule has 1 aromatic heterocycles. The fourth-order valence-corrected chi connectivity index (χ4v) is 4.80. The van der Waals surface area contributed by atoms with Crippen LogP contribution in [0, 0.1) is 33.5 Å². The van der Waals surface area contributed by atoms with Gasteiger partial charge in [-0.05, 0) is 92.6 Å². The van der Waals surface area contributed by atoms with Gasteiger partial charge < -0.3 is 9.88 Å². The molecule has 3 amide bonds. The first kappa shape index (κ1) is 23.5. The second kappa shape index (κ2) is 9.30. The van der Waals surface area contributed by atoms with Gasteiger partial charge in [-0.2, -0.15) is 0 Å². The Bertz CT molecular complexity index is 1360. The first-order chi connectivity index (χ1) is 16.2. The van der Waals surface area contributed by atoms with Crippen molar-refractivity contribution in [2.45, 2.75) is 27.7 Å². The fourth-order valence-electron chi connectivity index (χ4n) is 3.97. The molecule has 0 atom stereocenters. The molecule has 1 fully saturated rings. The number of carbonyl (C=O) groups excluding carboxylic acids is 3. The third-order valence-corrected chi connectivity index (χ3v) is 6.76. The van der Waals surface area contributed by atoms with Crippen LogP contribution in [-0.2, 0) is 9.59 Å². The summed E-state index contributed by atoms with van der Waals surface area (Å²) < 4.78 is 15.5. The Labute approximate surface area is 201 Å². The lowest BCUT2D eigenvalue weighted by molar-refractivity contribution is -0.127. The average molecular weight is 478 g/mol. The maximum absolute atomic E-state index is 13.3. The number of aromatic nitrogens is 1. The highest BCUT2D eigenvalue weighted by Crippen LogP contribution is 2.34. The van der Waals surface area contributed by atoms with E-state index in [1.807, 2.05) is 26.0 Å². The molecular weight excluding hydrogens is 453 g/mol. The standard InChI is InChI=1S/C26H24FN3O3S/c1-15-7-5-10-22(17(15)3)30-16(2)11-19(18(30)4)12-23-25(32)29(26(33)34-23)14-24(31)28-21-9-6-8-20(27)13-21/h5-13H,14H2,1-4H3,(H,28,31)/b23-12+. The number of carbonyl (C=O) groups is 3. The third kappa shape index (κ3) is 4.54. The molecular formula is C26H24FN3O3S. The van der Waals surface area contributed by atoms with Gasteiger partial charge in [0, 0.05) is 22.8 Å². The zero-order valence-electron chi connectivity index (χ0n) is 19.3. The molecule has 0 spiro atoms. The Hall–Kier alpha value is -3.65. The first-order valence-corrected chi connectivity index (χ1v) is 11.5. The number of nitrogens with one attached hydrogen (secondary N) is 1. The van der Waals surface area contributed by atoms with Crippen LogP contribution in [0.5, 0.6) is 0 Å². The van der Waals surface area contributed by atoms with E-state index in [1.54, 1.807) is 6.08 Å². The van der Waals surface area contributed by atoms with Crippen molar-refractivity contribution in [1.29, 1.82) is 0 Å². The van der Waals surface area contributed by atoms with Gasteiger partial charge in [0.1, 0.15) is 12.4 Å². The number of halogens is 1. The van der Waals surface area contributed by atoms with Crippen LogP contribution >= 0.6 is 11.8 Å². The van der Waals surface area contributed by atoms with Crippen LogP contribution in [0.3, 0.4) is 0 Å². The normalized spacial score (nSPS) is 14.9. The number of nitrogens with zero attached hydrogens (tertiary/aromatic N) is 2. The van der Waals surface area contributed by atoms with Crippen LogP contribution in [-0.4, -0.2) is 33.1 Å². The summed E-state index contributed by atoms with van der Waals surface area (Å²) in [5, 5.41) is 1.99. The minimum absolute atomic E-state index is 0.254. The molecule has 1 saturated heterocycles. The van der Waals surface area contributed by atoms with E-state index in [-0.39, 0.29) is 10.6 Å². The molecule has 0 saturated carbocycles. The largest absolute Gasteiger partial charge is 0.324 e. The topological polar surface area (TPSA) is 71.4 Å². The average Bonchev–Trinajstić information content (AvgIpc) is 3.19. The molecule has 0 radical (unpaired) electrons. The Kier molecular flexibility index (Phi) is 6.43. The van der Waals surface area contributed by atoms with E-state index >= 15 is 0 Å². The molecule has 34 heavy (non-hydrogen) atoms. The number of amides is 3. The van der Waals surface area contributed by atoms with Crippen molar-refractivity contribution in [1.82, 2.24) is 9.47 Å². The lowest BCUT2D eigenvalue weighted by Gasteiger charge is -2.14. The van der Waals surface area contributed by atoms with E-state index in [0.717, 1.165) is 45.4 Å². The highest BCUT2D eigenvalue weighted by molar-refractivity contribution is 8.18. The number of hydrogen-bond donors (Lipinski definition) is 1. The molecule has 0 unspecified atom stereocenters. The highest BCUT2D eigenvalue weighted by Gasteiger charge is 2.36. The van der Waals surface area contributed by atoms with Gasteiger partial charge in [-0.1, -0.05) is 18.2 Å². The van der Waals surface area contributed by atoms with E-state index in [9.17, 15) is 18.8 Å². The maximum atomic E-state index is 13.3. The minimum atomic E-state index is -0.581. The van der Waals surface area contributed by atoms with Gasteiger partial charge in [-0.3, -0.25) is 19.3 Å². The Balaban J connectivity index is 1.56. The monoisotopic (exact) mass is 477 g/mol. The molecule has 1 N–H and O–H groups in total. The van der Waals surface area contributed by atoms with Gasteiger partial charge in [0.05, 0.1) is 4.91 Å². The van der Waals surface area contributed by atoms with Crippen molar-refractivity contribution in [3.05, 3.63) is 87.3 Å². The van der Waals surface area contributed by atoms with Crippen molar-refractivity contribution in [3.63, 3.8) is 0 Å². The fraction of sp³-hybridized carbons (Fsp3) is 0.192. The van der Waals surface area contributed by atoms with Crippen LogP contribution in [0.25, 0.3) is 11.8 Å². The maximum Gasteiger partial charge on any atom is 0.294 e. The van der Waals surface area contributed by atoms with Crippen LogP contribution in [0.1, 0.15) is 28.1 Å². The summed E-state index contributed by atoms with van der Waals surface area (Å²) in [6.45, 7) is 7.66. The van der Waals surface area contributed by atoms with Gasteiger partial charge in [-0.15, -0.1) is 0 Å². The summed E-state index contributed by atoms with van der Waals surface area (Å²) >= 11 is 0.802. The van der Waals surface area contributed by atoms with Gasteiger partial charge in [0.25, 0.3) is 11.1 Å². The van der Waals surface area contributed by atoms with E-state index < -0.39 is 29.4 Å². The molecule has 1 aliphatic rings. The minimum Gasteiger partial charge on any atom is -0.324 e. The molecule has 2 aromatic carbocycles. The second-order valence-corrected chi connectivity index (χ2v) is 9.20. The van der Waals surface area contributed by atoms with Crippen molar-refractivity contribution in [3.8, 4) is 5.69 Å². The quantitative estimate of drug-likeness (QED) is 0.491. The lowest BCUT2D eigenvalue weighted by Crippen LogP contribution is -2.36. The molecule has 3 aromatic rings. The molecule has 0 aliphatic carbocycles. The smallest absolute Gasteiger partial charge is 0.294 e. The van der Waals surface area contributed by atoms with E-state index in [2.05, 4.69) is 35.9 Å². The molecule has 2 heterocycles. The number of aryl methyl sites for hydroxylation is 2. The van der Waals surface area contributed by atoms with Crippen molar-refractivity contribution >= 4 is 40.6 Å². The summed E-state index contributed by atoms with van der Waals surface area (Å²) in [6.07, 6.45) is 1.69. The summed E-state index contributed by atoms with van der Waals surface area (Å²) in [6, 6.07) is 13.5. The molecule has 174 valence electrons. The summed E-state index contributed by atoms with van der Waals surface area (Å²) in [4.78, 5) is 38.9. The number of hydrogen-bond acceptors (Lipinski definition) is 4. The molecule has 8 heteroatoms. The second-order valence-electron chi connectivity index (χ2n) is 8.21. The summed E-state index contributed by atoms with van der Waals surface area (Å²) in [7, 11) is 0. The van der Waals surface area contributed by atoms with E-state index in [1.165, 1.54) is 29.3 Å². The first-order valence-electron chi connectivity index (χ1n) is 10.7. The molecule has 6 nitrogen and oxygen atoms in total. The number of anilines is 1. The van der Waals surface area contributed by atoms with E-state index in [4.69, 9.17) is 0 Å². The Morgan fingerprint density at radius 2 is 1.79 bits per heavy atom. The van der Waals surface area contributed by atoms with Gasteiger partial charge in [-0.25, -0.2) is 4.39 Å². The zero-order valence-corrected chi connectivity index (χ0v) is 20.1. The predicted molar refractivity (Wildman–Crippen MR) is 132 cm³/mol. The number of imide groups is 1. The van der Waals surface area contributed by atoms with Gasteiger partial charge in [0.15, 0.2) is 0 Å². The summed E-state index contributed by atoms with van der Waals surface area (Å²) in [5.41, 5.74) is 6.45. The SMILES string of the molecule is Cc1cccc(-n2c(C)cc(/C=C3/SC(=O)N(CC(=O)Nc4cccc(F)c4)C3=O)c2C)c1C. The number of benzene rings is 2. The molecule has 1 aliphatic heterocycles. The third-order valence-electron chi connectivity index (χ3n) is 5.86. The van der Waals surface area contributed by atoms with Crippen LogP contribution in [0.15, 0.2) is 53.4 Å². The van der Waals surface area contributed by atoms with Crippen molar-refractivity contribution in [2.75, 3.05) is 11.9 Å². The van der Waals surface area contributed by atoms with E-state index in [0.29, 0.717) is 0 Å². The summed E-state index contributed by atoms with van der Waals surface area (Å²) in [5.74, 6) is -1.60. The molecule has 4 rings (SSSR count). The highest BCUT2D eigenvalue weighted by atomic mass is 32.2. The van der Waals surface area contributed by atoms with Crippen molar-refractivity contribution < 1.29 is 18.8 Å². The van der Waals surface area contributed by atoms with Gasteiger partial charge in [0.2, 0.25) is 5.91 Å². The Morgan fingerprint density at radius 3 is 2.53 bits per heavy atom. The number of rotatable bonds is 5. The van der Waals surface area contributed by atoms with Gasteiger partial charge >= 0.3 is 0 Å². The lowest BCUT2D eigenvalue weighted by atomic mass is 10.1. The van der Waals surface area contributed by atoms with Crippen LogP contribution in [0.2, 0.25) is 0 Å². The van der Waals surface area contributed by atoms with Crippen molar-refractivity contribution in [2.24, 2.45) is 0 Å². The predicted octanol–water partition coefficient (Wildman–Crippen LogP) is 5.53. The number of thioether (sulfide) groups is 1. The Morgan fingerprint density at radius 1 is 1.06 bits per heavy atom. The zero-order chi connectivity index (χ0) is 24.6.